The molecule has 0 atom stereocenters. The standard InChI is InChI=1S/C22H28N2O/c1-2-3-4-5-6-7-8-9-10-11-17-25-21-14-12-13-19-15-16-20(18-23)24-22(19)21/h11-17H,2-10H2,1H3. The van der Waals surface area contributed by atoms with Crippen LogP contribution < -0.4 is 4.74 Å². The fourth-order valence-electron chi connectivity index (χ4n) is 2.86. The predicted octanol–water partition coefficient (Wildman–Crippen LogP) is 6.53. The van der Waals surface area contributed by atoms with Crippen LogP contribution in [0.2, 0.25) is 0 Å². The van der Waals surface area contributed by atoms with Crippen molar-refractivity contribution >= 4 is 10.9 Å². The van der Waals surface area contributed by atoms with E-state index in [0.717, 1.165) is 17.3 Å². The highest BCUT2D eigenvalue weighted by molar-refractivity contribution is 5.84. The molecule has 0 radical (unpaired) electrons. The van der Waals surface area contributed by atoms with Gasteiger partial charge in [0.05, 0.1) is 6.26 Å². The smallest absolute Gasteiger partial charge is 0.152 e. The number of hydrogen-bond acceptors (Lipinski definition) is 3. The number of benzene rings is 1. The summed E-state index contributed by atoms with van der Waals surface area (Å²) in [7, 11) is 0. The fourth-order valence-corrected chi connectivity index (χ4v) is 2.86. The number of allylic oxidation sites excluding steroid dienone is 1. The highest BCUT2D eigenvalue weighted by Gasteiger charge is 2.03. The Bertz CT molecular complexity index is 716. The first-order valence-corrected chi connectivity index (χ1v) is 9.46. The summed E-state index contributed by atoms with van der Waals surface area (Å²) in [6.45, 7) is 2.26. The fraction of sp³-hybridized carbons (Fsp3) is 0.455. The van der Waals surface area contributed by atoms with E-state index >= 15 is 0 Å². The molecule has 25 heavy (non-hydrogen) atoms. The van der Waals surface area contributed by atoms with E-state index in [2.05, 4.69) is 24.1 Å². The summed E-state index contributed by atoms with van der Waals surface area (Å²) in [5.74, 6) is 0.696. The van der Waals surface area contributed by atoms with Gasteiger partial charge in [-0.1, -0.05) is 64.0 Å². The lowest BCUT2D eigenvalue weighted by atomic mass is 10.1. The van der Waals surface area contributed by atoms with Gasteiger partial charge in [0.25, 0.3) is 0 Å². The number of ether oxygens (including phenoxy) is 1. The number of nitrogens with zero attached hydrogens (tertiary/aromatic N) is 2. The van der Waals surface area contributed by atoms with Crippen molar-refractivity contribution in [2.24, 2.45) is 0 Å². The molecule has 1 heterocycles. The largest absolute Gasteiger partial charge is 0.463 e. The van der Waals surface area contributed by atoms with Gasteiger partial charge in [-0.25, -0.2) is 4.98 Å². The van der Waals surface area contributed by atoms with Crippen molar-refractivity contribution in [3.05, 3.63) is 48.4 Å². The second-order valence-electron chi connectivity index (χ2n) is 6.39. The molecular weight excluding hydrogens is 308 g/mol. The van der Waals surface area contributed by atoms with Gasteiger partial charge in [-0.3, -0.25) is 0 Å². The third-order valence-electron chi connectivity index (χ3n) is 4.31. The number of fused-ring (bicyclic) bond motifs is 1. The Morgan fingerprint density at radius 2 is 1.76 bits per heavy atom. The van der Waals surface area contributed by atoms with Crippen LogP contribution in [0.1, 0.15) is 70.4 Å². The molecule has 3 nitrogen and oxygen atoms in total. The Morgan fingerprint density at radius 1 is 1.00 bits per heavy atom. The molecule has 0 saturated carbocycles. The van der Waals surface area contributed by atoms with E-state index in [-0.39, 0.29) is 0 Å². The highest BCUT2D eigenvalue weighted by Crippen LogP contribution is 2.24. The van der Waals surface area contributed by atoms with E-state index in [1.165, 1.54) is 51.4 Å². The lowest BCUT2D eigenvalue weighted by Gasteiger charge is -2.05. The van der Waals surface area contributed by atoms with Crippen molar-refractivity contribution in [3.63, 3.8) is 0 Å². The topological polar surface area (TPSA) is 45.9 Å². The summed E-state index contributed by atoms with van der Waals surface area (Å²) in [5, 5.41) is 9.98. The summed E-state index contributed by atoms with van der Waals surface area (Å²) in [6, 6.07) is 11.5. The molecular formula is C22H28N2O. The summed E-state index contributed by atoms with van der Waals surface area (Å²) in [6.07, 6.45) is 15.5. The quantitative estimate of drug-likeness (QED) is 0.346. The summed E-state index contributed by atoms with van der Waals surface area (Å²) < 4.78 is 5.74. The molecule has 132 valence electrons. The van der Waals surface area contributed by atoms with E-state index in [0.29, 0.717) is 11.4 Å². The SMILES string of the molecule is CCCCCCCCCCC=COc1cccc2ccc(C#N)nc12. The van der Waals surface area contributed by atoms with Gasteiger partial charge in [-0.2, -0.15) is 5.26 Å². The minimum atomic E-state index is 0.409. The van der Waals surface area contributed by atoms with Crippen molar-refractivity contribution < 1.29 is 4.74 Å². The zero-order chi connectivity index (χ0) is 17.7. The Balaban J connectivity index is 1.72. The van der Waals surface area contributed by atoms with E-state index in [9.17, 15) is 0 Å². The van der Waals surface area contributed by atoms with Crippen LogP contribution in [0, 0.1) is 11.3 Å². The van der Waals surface area contributed by atoms with E-state index in [1.54, 1.807) is 12.3 Å². The molecule has 0 N–H and O–H groups in total. The van der Waals surface area contributed by atoms with Gasteiger partial charge in [-0.15, -0.1) is 0 Å². The number of para-hydroxylation sites is 1. The van der Waals surface area contributed by atoms with Gasteiger partial charge in [0.15, 0.2) is 5.75 Å². The van der Waals surface area contributed by atoms with E-state index in [1.807, 2.05) is 24.3 Å². The molecule has 1 aromatic heterocycles. The van der Waals surface area contributed by atoms with Gasteiger partial charge in [0.2, 0.25) is 0 Å². The van der Waals surface area contributed by atoms with Gasteiger partial charge in [0, 0.05) is 5.39 Å². The van der Waals surface area contributed by atoms with Crippen LogP contribution in [0.15, 0.2) is 42.7 Å². The third-order valence-corrected chi connectivity index (χ3v) is 4.31. The number of pyridine rings is 1. The molecule has 0 amide bonds. The first-order chi connectivity index (χ1) is 12.3. The minimum absolute atomic E-state index is 0.409. The Kier molecular flexibility index (Phi) is 8.55. The average molecular weight is 336 g/mol. The summed E-state index contributed by atoms with van der Waals surface area (Å²) >= 11 is 0. The van der Waals surface area contributed by atoms with Crippen LogP contribution in [0.4, 0.5) is 0 Å². The van der Waals surface area contributed by atoms with Crippen molar-refractivity contribution in [2.75, 3.05) is 0 Å². The maximum atomic E-state index is 9.00. The van der Waals surface area contributed by atoms with E-state index in [4.69, 9.17) is 10.00 Å². The molecule has 0 fully saturated rings. The predicted molar refractivity (Wildman–Crippen MR) is 103 cm³/mol. The molecule has 0 saturated heterocycles. The highest BCUT2D eigenvalue weighted by atomic mass is 16.5. The zero-order valence-corrected chi connectivity index (χ0v) is 15.2. The number of hydrogen-bond donors (Lipinski definition) is 0. The Labute approximate surface area is 151 Å². The number of rotatable bonds is 11. The van der Waals surface area contributed by atoms with Crippen LogP contribution in [-0.4, -0.2) is 4.98 Å². The molecule has 0 bridgehead atoms. The van der Waals surface area contributed by atoms with Crippen LogP contribution in [0.25, 0.3) is 10.9 Å². The van der Waals surface area contributed by atoms with Gasteiger partial charge in [0.1, 0.15) is 17.3 Å². The van der Waals surface area contributed by atoms with Crippen molar-refractivity contribution in [1.82, 2.24) is 4.98 Å². The molecule has 0 aliphatic carbocycles. The maximum absolute atomic E-state index is 9.00. The second-order valence-corrected chi connectivity index (χ2v) is 6.39. The number of unbranched alkanes of at least 4 members (excludes halogenated alkanes) is 8. The first kappa shape index (κ1) is 19.0. The van der Waals surface area contributed by atoms with Crippen molar-refractivity contribution in [3.8, 4) is 11.8 Å². The monoisotopic (exact) mass is 336 g/mol. The Morgan fingerprint density at radius 3 is 2.52 bits per heavy atom. The molecule has 2 aromatic rings. The maximum Gasteiger partial charge on any atom is 0.152 e. The molecule has 3 heteroatoms. The third kappa shape index (κ3) is 6.58. The van der Waals surface area contributed by atoms with Gasteiger partial charge >= 0.3 is 0 Å². The summed E-state index contributed by atoms with van der Waals surface area (Å²) in [5.41, 5.74) is 1.14. The lowest BCUT2D eigenvalue weighted by Crippen LogP contribution is -1.89. The number of aromatic nitrogens is 1. The first-order valence-electron chi connectivity index (χ1n) is 9.46. The molecule has 0 aliphatic heterocycles. The molecule has 0 spiro atoms. The lowest BCUT2D eigenvalue weighted by molar-refractivity contribution is 0.482. The summed E-state index contributed by atoms with van der Waals surface area (Å²) in [4.78, 5) is 4.34. The number of nitriles is 1. The van der Waals surface area contributed by atoms with Crippen molar-refractivity contribution in [2.45, 2.75) is 64.7 Å². The second kappa shape index (κ2) is 11.3. The van der Waals surface area contributed by atoms with Crippen LogP contribution in [0.3, 0.4) is 0 Å². The zero-order valence-electron chi connectivity index (χ0n) is 15.2. The normalized spacial score (nSPS) is 11.0. The van der Waals surface area contributed by atoms with E-state index < -0.39 is 0 Å². The minimum Gasteiger partial charge on any atom is -0.463 e. The molecule has 2 rings (SSSR count). The van der Waals surface area contributed by atoms with Crippen molar-refractivity contribution in [1.29, 1.82) is 5.26 Å². The average Bonchev–Trinajstić information content (AvgIpc) is 2.65. The van der Waals surface area contributed by atoms with Gasteiger partial charge < -0.3 is 4.74 Å². The Hall–Kier alpha value is -2.34. The molecule has 0 aliphatic rings. The van der Waals surface area contributed by atoms with Gasteiger partial charge in [-0.05, 0) is 37.1 Å². The molecule has 1 aromatic carbocycles. The van der Waals surface area contributed by atoms with Crippen LogP contribution in [-0.2, 0) is 0 Å². The molecule has 0 unspecified atom stereocenters. The van der Waals surface area contributed by atoms with Crippen LogP contribution in [0.5, 0.6) is 5.75 Å². The van der Waals surface area contributed by atoms with Crippen LogP contribution >= 0.6 is 0 Å².